The summed E-state index contributed by atoms with van der Waals surface area (Å²) in [6, 6.07) is 4.82. The molecule has 0 saturated carbocycles. The Morgan fingerprint density at radius 2 is 1.92 bits per heavy atom. The van der Waals surface area contributed by atoms with Gasteiger partial charge < -0.3 is 23.7 Å². The van der Waals surface area contributed by atoms with E-state index >= 15 is 0 Å². The van der Waals surface area contributed by atoms with E-state index in [9.17, 15) is 14.7 Å². The molecular formula is C19H24O7. The summed E-state index contributed by atoms with van der Waals surface area (Å²) in [5.74, 6) is -0.620. The predicted octanol–water partition coefficient (Wildman–Crippen LogP) is 3.40. The second kappa shape index (κ2) is 9.70. The number of ether oxygens (including phenoxy) is 3. The third-order valence-electron chi connectivity index (χ3n) is 3.72. The molecule has 26 heavy (non-hydrogen) atoms. The van der Waals surface area contributed by atoms with Crippen molar-refractivity contribution in [1.82, 2.24) is 0 Å². The maximum absolute atomic E-state index is 12.1. The highest BCUT2D eigenvalue weighted by Gasteiger charge is 2.19. The Morgan fingerprint density at radius 1 is 1.12 bits per heavy atom. The summed E-state index contributed by atoms with van der Waals surface area (Å²) in [5, 5.41) is 10.8. The number of rotatable bonds is 10. The van der Waals surface area contributed by atoms with Crippen LogP contribution in [0.4, 0.5) is 0 Å². The summed E-state index contributed by atoms with van der Waals surface area (Å²) in [4.78, 5) is 22.9. The first-order valence-corrected chi connectivity index (χ1v) is 8.72. The molecular weight excluding hydrogens is 340 g/mol. The molecule has 1 heterocycles. The monoisotopic (exact) mass is 364 g/mol. The van der Waals surface area contributed by atoms with E-state index in [0.29, 0.717) is 12.4 Å². The van der Waals surface area contributed by atoms with Gasteiger partial charge in [-0.2, -0.15) is 0 Å². The van der Waals surface area contributed by atoms with Gasteiger partial charge in [-0.15, -0.1) is 0 Å². The average molecular weight is 364 g/mol. The number of hydrogen-bond donors (Lipinski definition) is 1. The summed E-state index contributed by atoms with van der Waals surface area (Å²) in [5.41, 5.74) is -0.543. The normalized spacial score (nSPS) is 10.7. The van der Waals surface area contributed by atoms with Crippen LogP contribution >= 0.6 is 0 Å². The summed E-state index contributed by atoms with van der Waals surface area (Å²) < 4.78 is 21.0. The van der Waals surface area contributed by atoms with E-state index in [2.05, 4.69) is 6.92 Å². The van der Waals surface area contributed by atoms with Crippen LogP contribution in [-0.4, -0.2) is 30.9 Å². The van der Waals surface area contributed by atoms with E-state index < -0.39 is 11.6 Å². The van der Waals surface area contributed by atoms with Crippen LogP contribution in [0.5, 0.6) is 17.2 Å². The van der Waals surface area contributed by atoms with Crippen LogP contribution in [0.2, 0.25) is 0 Å². The SMILES string of the molecule is CCCCCCOc1c(O)c2c(OCCOC(C)=O)cccc2oc1=O. The molecule has 7 nitrogen and oxygen atoms in total. The minimum Gasteiger partial charge on any atom is -0.503 e. The summed E-state index contributed by atoms with van der Waals surface area (Å²) >= 11 is 0. The molecule has 1 aromatic carbocycles. The van der Waals surface area contributed by atoms with E-state index in [4.69, 9.17) is 18.6 Å². The standard InChI is InChI=1S/C19H24O7/c1-3-4-5-6-10-25-18-17(21)16-14(24-12-11-23-13(2)20)8-7-9-15(16)26-19(18)22/h7-9,21H,3-6,10-12H2,1-2H3. The van der Waals surface area contributed by atoms with Crippen LogP contribution in [-0.2, 0) is 9.53 Å². The van der Waals surface area contributed by atoms with Gasteiger partial charge in [0.1, 0.15) is 29.9 Å². The van der Waals surface area contributed by atoms with E-state index in [0.717, 1.165) is 25.7 Å². The lowest BCUT2D eigenvalue weighted by Crippen LogP contribution is -2.11. The zero-order chi connectivity index (χ0) is 18.9. The second-order valence-electron chi connectivity index (χ2n) is 5.79. The van der Waals surface area contributed by atoms with Crippen molar-refractivity contribution in [3.63, 3.8) is 0 Å². The van der Waals surface area contributed by atoms with Crippen LogP contribution in [0.1, 0.15) is 39.5 Å². The Balaban J connectivity index is 2.18. The van der Waals surface area contributed by atoms with Crippen molar-refractivity contribution in [2.24, 2.45) is 0 Å². The molecule has 0 atom stereocenters. The minimum atomic E-state index is -0.734. The first kappa shape index (κ1) is 19.6. The van der Waals surface area contributed by atoms with Crippen LogP contribution in [0.3, 0.4) is 0 Å². The Morgan fingerprint density at radius 3 is 2.65 bits per heavy atom. The lowest BCUT2D eigenvalue weighted by atomic mass is 10.2. The Kier molecular flexibility index (Phi) is 7.32. The number of carbonyl (C=O) groups is 1. The first-order valence-electron chi connectivity index (χ1n) is 8.72. The van der Waals surface area contributed by atoms with Gasteiger partial charge in [0, 0.05) is 6.92 Å². The molecule has 0 aliphatic heterocycles. The fraction of sp³-hybridized carbons (Fsp3) is 0.474. The van der Waals surface area contributed by atoms with Gasteiger partial charge in [-0.3, -0.25) is 4.79 Å². The fourth-order valence-corrected chi connectivity index (χ4v) is 2.47. The van der Waals surface area contributed by atoms with Crippen molar-refractivity contribution in [2.75, 3.05) is 19.8 Å². The highest BCUT2D eigenvalue weighted by molar-refractivity contribution is 5.91. The molecule has 1 N–H and O–H groups in total. The van der Waals surface area contributed by atoms with Crippen molar-refractivity contribution >= 4 is 16.9 Å². The molecule has 0 aliphatic rings. The van der Waals surface area contributed by atoms with Crippen molar-refractivity contribution < 1.29 is 28.5 Å². The van der Waals surface area contributed by atoms with Crippen molar-refractivity contribution in [2.45, 2.75) is 39.5 Å². The third-order valence-corrected chi connectivity index (χ3v) is 3.72. The molecule has 142 valence electrons. The van der Waals surface area contributed by atoms with Crippen LogP contribution in [0.25, 0.3) is 11.0 Å². The molecule has 1 aromatic heterocycles. The highest BCUT2D eigenvalue weighted by Crippen LogP contribution is 2.37. The maximum atomic E-state index is 12.1. The van der Waals surface area contributed by atoms with Gasteiger partial charge in [-0.1, -0.05) is 32.3 Å². The number of hydrogen-bond acceptors (Lipinski definition) is 7. The number of fused-ring (bicyclic) bond motifs is 1. The Bertz CT molecular complexity index is 794. The highest BCUT2D eigenvalue weighted by atomic mass is 16.6. The molecule has 0 amide bonds. The number of unbranched alkanes of at least 4 members (excludes halogenated alkanes) is 3. The maximum Gasteiger partial charge on any atom is 0.383 e. The zero-order valence-corrected chi connectivity index (χ0v) is 15.1. The number of carbonyl (C=O) groups excluding carboxylic acids is 1. The fourth-order valence-electron chi connectivity index (χ4n) is 2.47. The molecule has 0 radical (unpaired) electrons. The van der Waals surface area contributed by atoms with E-state index in [1.165, 1.54) is 6.92 Å². The van der Waals surface area contributed by atoms with E-state index in [1.54, 1.807) is 18.2 Å². The van der Waals surface area contributed by atoms with E-state index in [1.807, 2.05) is 0 Å². The van der Waals surface area contributed by atoms with Crippen molar-refractivity contribution in [1.29, 1.82) is 0 Å². The lowest BCUT2D eigenvalue weighted by molar-refractivity contribution is -0.141. The molecule has 0 bridgehead atoms. The van der Waals surface area contributed by atoms with Gasteiger partial charge in [-0.05, 0) is 18.6 Å². The summed E-state index contributed by atoms with van der Waals surface area (Å²) in [6.45, 7) is 3.91. The van der Waals surface area contributed by atoms with Gasteiger partial charge in [0.25, 0.3) is 0 Å². The lowest BCUT2D eigenvalue weighted by Gasteiger charge is -2.12. The molecule has 7 heteroatoms. The predicted molar refractivity (Wildman–Crippen MR) is 95.9 cm³/mol. The number of benzene rings is 1. The van der Waals surface area contributed by atoms with Crippen LogP contribution in [0.15, 0.2) is 27.4 Å². The van der Waals surface area contributed by atoms with Gasteiger partial charge in [0.15, 0.2) is 5.75 Å². The number of aromatic hydroxyl groups is 1. The van der Waals surface area contributed by atoms with E-state index in [-0.39, 0.29) is 35.7 Å². The van der Waals surface area contributed by atoms with Gasteiger partial charge in [0.05, 0.1) is 6.61 Å². The largest absolute Gasteiger partial charge is 0.503 e. The summed E-state index contributed by atoms with van der Waals surface area (Å²) in [6.07, 6.45) is 3.95. The number of esters is 1. The molecule has 0 fully saturated rings. The van der Waals surface area contributed by atoms with Gasteiger partial charge in [0.2, 0.25) is 5.75 Å². The molecule has 0 saturated heterocycles. The van der Waals surface area contributed by atoms with Crippen molar-refractivity contribution in [3.8, 4) is 17.2 Å². The quantitative estimate of drug-likeness (QED) is 0.392. The van der Waals surface area contributed by atoms with Crippen LogP contribution in [0, 0.1) is 0 Å². The Labute approximate surface area is 151 Å². The van der Waals surface area contributed by atoms with Gasteiger partial charge in [-0.25, -0.2) is 4.79 Å². The molecule has 0 spiro atoms. The summed E-state index contributed by atoms with van der Waals surface area (Å²) in [7, 11) is 0. The molecule has 0 aliphatic carbocycles. The van der Waals surface area contributed by atoms with Gasteiger partial charge >= 0.3 is 11.6 Å². The topological polar surface area (TPSA) is 95.2 Å². The first-order chi connectivity index (χ1) is 12.5. The molecule has 2 rings (SSSR count). The molecule has 2 aromatic rings. The third kappa shape index (κ3) is 5.15. The van der Waals surface area contributed by atoms with Crippen molar-refractivity contribution in [3.05, 3.63) is 28.6 Å². The molecule has 0 unspecified atom stereocenters. The van der Waals surface area contributed by atoms with Crippen LogP contribution < -0.4 is 15.1 Å². The second-order valence-corrected chi connectivity index (χ2v) is 5.79. The minimum absolute atomic E-state index is 0.0735. The Hall–Kier alpha value is -2.70. The zero-order valence-electron chi connectivity index (χ0n) is 15.1. The smallest absolute Gasteiger partial charge is 0.383 e. The average Bonchev–Trinajstić information content (AvgIpc) is 2.60.